The van der Waals surface area contributed by atoms with Gasteiger partial charge in [-0.1, -0.05) is 23.8 Å². The molecule has 4 rings (SSSR count). The normalized spacial score (nSPS) is 16.0. The lowest BCUT2D eigenvalue weighted by Gasteiger charge is -2.26. The summed E-state index contributed by atoms with van der Waals surface area (Å²) in [6.07, 6.45) is 0. The highest BCUT2D eigenvalue weighted by atomic mass is 16.5. The van der Waals surface area contributed by atoms with Gasteiger partial charge in [0.05, 0.1) is 24.1 Å². The molecule has 0 spiro atoms. The fraction of sp³-hybridized carbons (Fsp3) is 0.304. The van der Waals surface area contributed by atoms with Crippen molar-refractivity contribution in [1.29, 1.82) is 0 Å². The minimum atomic E-state index is -0.506. The number of amides is 1. The number of methoxy groups -OCH3 is 1. The van der Waals surface area contributed by atoms with E-state index in [1.54, 1.807) is 18.1 Å². The molecule has 1 aliphatic rings. The number of nitrogens with zero attached hydrogens (tertiary/aromatic N) is 2. The lowest BCUT2D eigenvalue weighted by Crippen LogP contribution is -2.35. The van der Waals surface area contributed by atoms with Gasteiger partial charge in [-0.25, -0.2) is 0 Å². The molecule has 2 heterocycles. The highest BCUT2D eigenvalue weighted by molar-refractivity contribution is 5.99. The summed E-state index contributed by atoms with van der Waals surface area (Å²) in [6, 6.07) is 12.4. The summed E-state index contributed by atoms with van der Waals surface area (Å²) in [6.45, 7) is 3.08. The van der Waals surface area contributed by atoms with Crippen LogP contribution in [0.25, 0.3) is 11.0 Å². The molecule has 1 amide bonds. The number of carbonyl (C=O) groups excluding carboxylic acids is 1. The van der Waals surface area contributed by atoms with E-state index in [0.29, 0.717) is 35.4 Å². The SMILES string of the molecule is COc1cccc(C2c3c(oc4ccc(C)cc4c3=O)C(=O)N2CCN(C)C)c1. The molecule has 0 saturated heterocycles. The zero-order valence-corrected chi connectivity index (χ0v) is 17.1. The average molecular weight is 392 g/mol. The topological polar surface area (TPSA) is 63.0 Å². The van der Waals surface area contributed by atoms with Crippen LogP contribution < -0.4 is 10.2 Å². The molecule has 0 aliphatic carbocycles. The Morgan fingerprint density at radius 1 is 1.14 bits per heavy atom. The Balaban J connectivity index is 1.95. The zero-order valence-electron chi connectivity index (χ0n) is 17.1. The molecule has 1 aromatic heterocycles. The van der Waals surface area contributed by atoms with Crippen molar-refractivity contribution in [3.05, 3.63) is 75.1 Å². The Morgan fingerprint density at radius 3 is 2.66 bits per heavy atom. The highest BCUT2D eigenvalue weighted by Gasteiger charge is 2.42. The van der Waals surface area contributed by atoms with Crippen molar-refractivity contribution < 1.29 is 13.9 Å². The molecule has 1 aliphatic heterocycles. The first kappa shape index (κ1) is 19.2. The van der Waals surface area contributed by atoms with E-state index in [1.807, 2.05) is 62.3 Å². The minimum Gasteiger partial charge on any atom is -0.497 e. The Hall–Kier alpha value is -3.12. The molecule has 6 nitrogen and oxygen atoms in total. The Morgan fingerprint density at radius 2 is 1.93 bits per heavy atom. The van der Waals surface area contributed by atoms with Gasteiger partial charge in [0.15, 0.2) is 5.43 Å². The van der Waals surface area contributed by atoms with Crippen LogP contribution in [0.3, 0.4) is 0 Å². The van der Waals surface area contributed by atoms with E-state index in [1.165, 1.54) is 0 Å². The fourth-order valence-corrected chi connectivity index (χ4v) is 3.83. The predicted molar refractivity (Wildman–Crippen MR) is 112 cm³/mol. The molecule has 1 atom stereocenters. The molecular formula is C23H24N2O4. The second-order valence-electron chi connectivity index (χ2n) is 7.65. The van der Waals surface area contributed by atoms with E-state index in [9.17, 15) is 9.59 Å². The van der Waals surface area contributed by atoms with Gasteiger partial charge in [-0.05, 0) is 50.8 Å². The summed E-state index contributed by atoms with van der Waals surface area (Å²) in [5.41, 5.74) is 2.48. The van der Waals surface area contributed by atoms with Crippen LogP contribution >= 0.6 is 0 Å². The average Bonchev–Trinajstić information content (AvgIpc) is 2.99. The van der Waals surface area contributed by atoms with Crippen LogP contribution in [0.1, 0.15) is 33.3 Å². The van der Waals surface area contributed by atoms with Gasteiger partial charge in [-0.15, -0.1) is 0 Å². The monoisotopic (exact) mass is 392 g/mol. The van der Waals surface area contributed by atoms with E-state index in [-0.39, 0.29) is 17.1 Å². The maximum absolute atomic E-state index is 13.5. The molecule has 0 N–H and O–H groups in total. The van der Waals surface area contributed by atoms with Gasteiger partial charge in [0.25, 0.3) is 5.91 Å². The van der Waals surface area contributed by atoms with Crippen LogP contribution in [0.4, 0.5) is 0 Å². The summed E-state index contributed by atoms with van der Waals surface area (Å²) in [5.74, 6) is 0.559. The first-order valence-electron chi connectivity index (χ1n) is 9.57. The second-order valence-corrected chi connectivity index (χ2v) is 7.65. The first-order chi connectivity index (χ1) is 13.9. The molecule has 0 fully saturated rings. The zero-order chi connectivity index (χ0) is 20.7. The molecule has 3 aromatic rings. The number of likely N-dealkylation sites (N-methyl/N-ethyl adjacent to an activating group) is 1. The Kier molecular flexibility index (Phi) is 4.88. The molecule has 1 unspecified atom stereocenters. The summed E-state index contributed by atoms with van der Waals surface area (Å²) in [7, 11) is 5.50. The van der Waals surface area contributed by atoms with E-state index in [4.69, 9.17) is 9.15 Å². The van der Waals surface area contributed by atoms with Crippen molar-refractivity contribution >= 4 is 16.9 Å². The summed E-state index contributed by atoms with van der Waals surface area (Å²) in [5, 5.41) is 0.499. The van der Waals surface area contributed by atoms with Crippen molar-refractivity contribution in [2.75, 3.05) is 34.3 Å². The molecular weight excluding hydrogens is 368 g/mol. The molecule has 2 aromatic carbocycles. The van der Waals surface area contributed by atoms with Crippen LogP contribution in [0.15, 0.2) is 51.7 Å². The largest absolute Gasteiger partial charge is 0.497 e. The van der Waals surface area contributed by atoms with Gasteiger partial charge in [-0.2, -0.15) is 0 Å². The van der Waals surface area contributed by atoms with Crippen molar-refractivity contribution in [3.63, 3.8) is 0 Å². The number of ether oxygens (including phenoxy) is 1. The predicted octanol–water partition coefficient (Wildman–Crippen LogP) is 3.22. The van der Waals surface area contributed by atoms with E-state index in [2.05, 4.69) is 0 Å². The summed E-state index contributed by atoms with van der Waals surface area (Å²) in [4.78, 5) is 30.4. The van der Waals surface area contributed by atoms with Crippen molar-refractivity contribution in [3.8, 4) is 5.75 Å². The molecule has 29 heavy (non-hydrogen) atoms. The smallest absolute Gasteiger partial charge is 0.290 e. The molecule has 0 bridgehead atoms. The standard InChI is InChI=1S/C23H24N2O4/c1-14-8-9-18-17(12-14)21(26)19-20(15-6-5-7-16(13-15)28-4)25(11-10-24(2)3)23(27)22(19)29-18/h5-9,12-13,20H,10-11H2,1-4H3. The number of aryl methyl sites for hydroxylation is 1. The lowest BCUT2D eigenvalue weighted by atomic mass is 9.98. The maximum Gasteiger partial charge on any atom is 0.290 e. The number of fused-ring (bicyclic) bond motifs is 2. The highest BCUT2D eigenvalue weighted by Crippen LogP contribution is 2.38. The van der Waals surface area contributed by atoms with Crippen LogP contribution in [-0.4, -0.2) is 50.0 Å². The van der Waals surface area contributed by atoms with Crippen LogP contribution in [0.5, 0.6) is 5.75 Å². The van der Waals surface area contributed by atoms with Crippen LogP contribution in [-0.2, 0) is 0 Å². The molecule has 150 valence electrons. The summed E-state index contributed by atoms with van der Waals surface area (Å²) >= 11 is 0. The second kappa shape index (κ2) is 7.37. The Bertz CT molecular complexity index is 1150. The van der Waals surface area contributed by atoms with Crippen molar-refractivity contribution in [1.82, 2.24) is 9.80 Å². The molecule has 0 radical (unpaired) electrons. The van der Waals surface area contributed by atoms with Crippen LogP contribution in [0, 0.1) is 6.92 Å². The van der Waals surface area contributed by atoms with E-state index >= 15 is 0 Å². The number of hydrogen-bond acceptors (Lipinski definition) is 5. The third-order valence-corrected chi connectivity index (χ3v) is 5.32. The third-order valence-electron chi connectivity index (χ3n) is 5.32. The Labute approximate surface area is 169 Å². The maximum atomic E-state index is 13.5. The third kappa shape index (κ3) is 3.29. The van der Waals surface area contributed by atoms with E-state index in [0.717, 1.165) is 11.1 Å². The number of benzene rings is 2. The van der Waals surface area contributed by atoms with E-state index < -0.39 is 6.04 Å². The molecule has 6 heteroatoms. The fourth-order valence-electron chi connectivity index (χ4n) is 3.83. The van der Waals surface area contributed by atoms with Gasteiger partial charge >= 0.3 is 0 Å². The van der Waals surface area contributed by atoms with Crippen LogP contribution in [0.2, 0.25) is 0 Å². The summed E-state index contributed by atoms with van der Waals surface area (Å²) < 4.78 is 11.3. The minimum absolute atomic E-state index is 0.137. The number of hydrogen-bond donors (Lipinski definition) is 0. The molecule has 0 saturated carbocycles. The van der Waals surface area contributed by atoms with Gasteiger partial charge in [0, 0.05) is 13.1 Å². The number of carbonyl (C=O) groups is 1. The number of rotatable bonds is 5. The first-order valence-corrected chi connectivity index (χ1v) is 9.57. The lowest BCUT2D eigenvalue weighted by molar-refractivity contribution is 0.0716. The van der Waals surface area contributed by atoms with Crippen molar-refractivity contribution in [2.24, 2.45) is 0 Å². The van der Waals surface area contributed by atoms with Gasteiger partial charge in [0.1, 0.15) is 11.3 Å². The van der Waals surface area contributed by atoms with Gasteiger partial charge < -0.3 is 19.0 Å². The van der Waals surface area contributed by atoms with Crippen molar-refractivity contribution in [2.45, 2.75) is 13.0 Å². The van der Waals surface area contributed by atoms with Gasteiger partial charge in [-0.3, -0.25) is 9.59 Å². The quantitative estimate of drug-likeness (QED) is 0.667. The van der Waals surface area contributed by atoms with Gasteiger partial charge in [0.2, 0.25) is 5.76 Å².